The van der Waals surface area contributed by atoms with Crippen LogP contribution in [0.1, 0.15) is 108 Å². The summed E-state index contributed by atoms with van der Waals surface area (Å²) in [6, 6.07) is 7.40. The van der Waals surface area contributed by atoms with E-state index in [1.54, 1.807) is 11.4 Å². The highest BCUT2D eigenvalue weighted by Gasteiger charge is 2.74. The Bertz CT molecular complexity index is 1730. The van der Waals surface area contributed by atoms with Crippen molar-refractivity contribution in [2.24, 2.45) is 56.7 Å². The van der Waals surface area contributed by atoms with Gasteiger partial charge in [0.05, 0.1) is 25.1 Å². The molecule has 0 saturated heterocycles. The van der Waals surface area contributed by atoms with Crippen molar-refractivity contribution in [1.82, 2.24) is 4.31 Å². The first-order valence-electron chi connectivity index (χ1n) is 19.6. The van der Waals surface area contributed by atoms with Gasteiger partial charge in [-0.25, -0.2) is 8.42 Å². The molecule has 7 saturated carbocycles. The van der Waals surface area contributed by atoms with Crippen molar-refractivity contribution < 1.29 is 28.2 Å². The van der Waals surface area contributed by atoms with E-state index >= 15 is 0 Å². The predicted molar refractivity (Wildman–Crippen MR) is 193 cm³/mol. The Kier molecular flexibility index (Phi) is 7.30. The Labute approximate surface area is 299 Å². The molecular formula is C42H57NO6S. The molecule has 1 aromatic rings. The van der Waals surface area contributed by atoms with E-state index in [1.807, 2.05) is 24.3 Å². The van der Waals surface area contributed by atoms with Crippen LogP contribution in [0.15, 0.2) is 48.1 Å². The lowest BCUT2D eigenvalue weighted by molar-refractivity contribution is -0.175. The molecule has 10 aliphatic rings. The lowest BCUT2D eigenvalue weighted by atomic mass is 9.32. The number of aliphatic hydroxyl groups excluding tert-OH is 1. The maximum atomic E-state index is 14.9. The molecule has 50 heavy (non-hydrogen) atoms. The zero-order valence-corrected chi connectivity index (χ0v) is 31.3. The van der Waals surface area contributed by atoms with Gasteiger partial charge in [0.25, 0.3) is 0 Å². The second-order valence-corrected chi connectivity index (χ2v) is 21.3. The lowest BCUT2D eigenvalue weighted by Gasteiger charge is -2.71. The third kappa shape index (κ3) is 4.49. The average molecular weight is 704 g/mol. The average Bonchev–Trinajstić information content (AvgIpc) is 3.33. The zero-order valence-electron chi connectivity index (χ0n) is 30.5. The molecule has 1 unspecified atom stereocenters. The number of allylic oxidation sites excluding steroid dienone is 4. The summed E-state index contributed by atoms with van der Waals surface area (Å²) in [5.41, 5.74) is -1.42. The molecule has 7 fully saturated rings. The minimum atomic E-state index is -3.57. The summed E-state index contributed by atoms with van der Waals surface area (Å²) in [6.45, 7) is 5.27. The van der Waals surface area contributed by atoms with Gasteiger partial charge < -0.3 is 14.9 Å². The number of rotatable bonds is 8. The number of nitrogens with zero attached hydrogens (tertiary/aromatic N) is 1. The molecule has 1 aromatic carbocycles. The summed E-state index contributed by atoms with van der Waals surface area (Å²) >= 11 is 0. The molecule has 0 heterocycles. The summed E-state index contributed by atoms with van der Waals surface area (Å²) in [7, 11) is -1.95. The van der Waals surface area contributed by atoms with Gasteiger partial charge in [0.2, 0.25) is 10.0 Å². The molecule has 0 radical (unpaired) electrons. The van der Waals surface area contributed by atoms with Gasteiger partial charge in [-0.05, 0) is 148 Å². The standard InChI is InChI=1S/C42H57NO6S/c1-37-12-9-31(44)23-40(37)15-16-42(33(24-40)36(45)30-5-7-32(49-3)8-6-30)34(37)10-13-38(2)35(42)11-14-41(38,46)26-43(50(4,47)48)25-39-20-27-17-28(21-39)19-29(18-27)22-39/h5-8,15-16,24,27-29,31,34-35,44,46H,9-14,17-23,25-26H2,1-4H3/t27?,28?,29?,31?,34-,35-,37-,38+,39?,40+,41-,42-/m1/s1. The van der Waals surface area contributed by atoms with Gasteiger partial charge in [-0.2, -0.15) is 4.31 Å². The molecule has 2 N–H and O–H groups in total. The van der Waals surface area contributed by atoms with Gasteiger partial charge in [-0.15, -0.1) is 0 Å². The van der Waals surface area contributed by atoms with Crippen LogP contribution in [-0.2, 0) is 10.0 Å². The van der Waals surface area contributed by atoms with Crippen LogP contribution >= 0.6 is 0 Å². The maximum Gasteiger partial charge on any atom is 0.211 e. The van der Waals surface area contributed by atoms with Crippen LogP contribution in [0.3, 0.4) is 0 Å². The number of fused-ring (bicyclic) bond motifs is 1. The molecule has 6 bridgehead atoms. The topological polar surface area (TPSA) is 104 Å². The lowest BCUT2D eigenvalue weighted by Crippen LogP contribution is -2.67. The fourth-order valence-electron chi connectivity index (χ4n) is 14.9. The van der Waals surface area contributed by atoms with Crippen molar-refractivity contribution in [3.8, 4) is 5.75 Å². The van der Waals surface area contributed by atoms with E-state index in [4.69, 9.17) is 4.74 Å². The number of methoxy groups -OCH3 is 1. The van der Waals surface area contributed by atoms with Gasteiger partial charge in [0.15, 0.2) is 5.78 Å². The molecule has 0 amide bonds. The van der Waals surface area contributed by atoms with E-state index in [9.17, 15) is 23.4 Å². The minimum Gasteiger partial charge on any atom is -0.497 e. The number of Topliss-reactive ketones (excluding diaryl/α,β-unsaturated/α-hetero) is 1. The first kappa shape index (κ1) is 33.8. The molecule has 7 nitrogen and oxygen atoms in total. The van der Waals surface area contributed by atoms with E-state index < -0.39 is 38.0 Å². The van der Waals surface area contributed by atoms with E-state index in [-0.39, 0.29) is 35.0 Å². The van der Waals surface area contributed by atoms with Gasteiger partial charge in [0, 0.05) is 40.5 Å². The summed E-state index contributed by atoms with van der Waals surface area (Å²) in [4.78, 5) is 14.9. The monoisotopic (exact) mass is 703 g/mol. The van der Waals surface area contributed by atoms with Crippen molar-refractivity contribution in [2.75, 3.05) is 26.5 Å². The van der Waals surface area contributed by atoms with E-state index in [0.29, 0.717) is 30.7 Å². The molecule has 0 aromatic heterocycles. The molecular weight excluding hydrogens is 647 g/mol. The fraction of sp³-hybridized carbons (Fsp3) is 0.738. The van der Waals surface area contributed by atoms with Crippen LogP contribution in [0.5, 0.6) is 5.75 Å². The molecule has 272 valence electrons. The van der Waals surface area contributed by atoms with Crippen LogP contribution in [0.2, 0.25) is 0 Å². The Morgan fingerprint density at radius 3 is 2.08 bits per heavy atom. The Hall–Kier alpha value is -2.00. The second-order valence-electron chi connectivity index (χ2n) is 19.3. The number of benzene rings is 1. The highest BCUT2D eigenvalue weighted by molar-refractivity contribution is 7.88. The normalized spacial score (nSPS) is 48.3. The van der Waals surface area contributed by atoms with E-state index in [0.717, 1.165) is 74.7 Å². The number of aliphatic hydroxyl groups is 2. The van der Waals surface area contributed by atoms with Crippen molar-refractivity contribution in [2.45, 2.75) is 109 Å². The SMILES string of the molecule is COc1ccc(C(=O)C2=C[C@@]34C=C[C@@]25[C@@H]2CC[C@@](O)(CN(CC67CC8CC(CC(C8)C6)C7)S(C)(=O)=O)[C@@]2(C)CC[C@@H]5[C@@]3(C)CCC(O)C4)cc1. The van der Waals surface area contributed by atoms with E-state index in [1.165, 1.54) is 25.5 Å². The molecule has 0 aliphatic heterocycles. The van der Waals surface area contributed by atoms with Crippen molar-refractivity contribution in [3.05, 3.63) is 53.6 Å². The van der Waals surface area contributed by atoms with Crippen LogP contribution in [0.25, 0.3) is 0 Å². The van der Waals surface area contributed by atoms with Crippen molar-refractivity contribution in [3.63, 3.8) is 0 Å². The predicted octanol–water partition coefficient (Wildman–Crippen LogP) is 6.95. The van der Waals surface area contributed by atoms with Crippen LogP contribution in [0, 0.1) is 56.7 Å². The van der Waals surface area contributed by atoms with Crippen molar-refractivity contribution >= 4 is 15.8 Å². The van der Waals surface area contributed by atoms with Crippen molar-refractivity contribution in [1.29, 1.82) is 0 Å². The quantitative estimate of drug-likeness (QED) is 0.225. The highest BCUT2D eigenvalue weighted by Crippen LogP contribution is 2.78. The smallest absolute Gasteiger partial charge is 0.211 e. The number of carbonyl (C=O) groups excluding carboxylic acids is 1. The number of ether oxygens (including phenoxy) is 1. The first-order valence-corrected chi connectivity index (χ1v) is 21.4. The third-order valence-electron chi connectivity index (χ3n) is 16.9. The number of hydrogen-bond donors (Lipinski definition) is 2. The van der Waals surface area contributed by atoms with Gasteiger partial charge in [-0.1, -0.05) is 32.1 Å². The molecule has 8 atom stereocenters. The van der Waals surface area contributed by atoms with Crippen LogP contribution in [0.4, 0.5) is 0 Å². The highest BCUT2D eigenvalue weighted by atomic mass is 32.2. The molecule has 10 aliphatic carbocycles. The Balaban J connectivity index is 1.10. The number of carbonyl (C=O) groups is 1. The van der Waals surface area contributed by atoms with Gasteiger partial charge >= 0.3 is 0 Å². The van der Waals surface area contributed by atoms with Gasteiger partial charge in [0.1, 0.15) is 5.75 Å². The number of hydrogen-bond acceptors (Lipinski definition) is 6. The Morgan fingerprint density at radius 2 is 1.46 bits per heavy atom. The molecule has 8 heteroatoms. The maximum absolute atomic E-state index is 14.9. The summed E-state index contributed by atoms with van der Waals surface area (Å²) in [6.07, 6.45) is 20.3. The second kappa shape index (κ2) is 10.8. The fourth-order valence-corrected chi connectivity index (χ4v) is 15.9. The summed E-state index contributed by atoms with van der Waals surface area (Å²) in [5, 5.41) is 24.1. The largest absolute Gasteiger partial charge is 0.497 e. The third-order valence-corrected chi connectivity index (χ3v) is 18.1. The zero-order chi connectivity index (χ0) is 35.1. The molecule has 2 spiro atoms. The number of ketones is 1. The van der Waals surface area contributed by atoms with Gasteiger partial charge in [-0.3, -0.25) is 4.79 Å². The summed E-state index contributed by atoms with van der Waals surface area (Å²) < 4.78 is 34.5. The van der Waals surface area contributed by atoms with E-state index in [2.05, 4.69) is 32.1 Å². The first-order chi connectivity index (χ1) is 23.6. The Morgan fingerprint density at radius 1 is 0.860 bits per heavy atom. The minimum absolute atomic E-state index is 0.0164. The van der Waals surface area contributed by atoms with Crippen LogP contribution < -0.4 is 4.74 Å². The van der Waals surface area contributed by atoms with Crippen LogP contribution in [-0.4, -0.2) is 66.9 Å². The summed E-state index contributed by atoms with van der Waals surface area (Å²) in [5.74, 6) is 3.05. The molecule has 11 rings (SSSR count). The number of sulfonamides is 1.